The Morgan fingerprint density at radius 3 is 2.86 bits per heavy atom. The summed E-state index contributed by atoms with van der Waals surface area (Å²) in [5, 5.41) is 12.6. The molecule has 2 heterocycles. The van der Waals surface area contributed by atoms with Crippen molar-refractivity contribution in [2.24, 2.45) is 5.92 Å². The number of carbonyl (C=O) groups is 2. The van der Waals surface area contributed by atoms with Gasteiger partial charge in [-0.15, -0.1) is 11.3 Å². The second-order valence-corrected chi connectivity index (χ2v) is 9.96. The van der Waals surface area contributed by atoms with Gasteiger partial charge in [0.05, 0.1) is 11.1 Å². The number of carbonyl (C=O) groups excluding carboxylic acids is 2. The zero-order chi connectivity index (χ0) is 20.1. The monoisotopic (exact) mass is 415 g/mol. The average molecular weight is 415 g/mol. The van der Waals surface area contributed by atoms with Crippen molar-refractivity contribution in [3.63, 3.8) is 0 Å². The maximum absolute atomic E-state index is 12.6. The first kappa shape index (κ1) is 18.7. The van der Waals surface area contributed by atoms with E-state index in [0.717, 1.165) is 29.7 Å². The van der Waals surface area contributed by atoms with Crippen molar-refractivity contribution in [2.45, 2.75) is 31.1 Å². The van der Waals surface area contributed by atoms with Gasteiger partial charge in [-0.2, -0.15) is 5.26 Å². The molecular formula is C19H17N3O4S2. The van der Waals surface area contributed by atoms with Gasteiger partial charge in [-0.3, -0.25) is 9.59 Å². The molecule has 4 rings (SSSR count). The maximum atomic E-state index is 12.6. The summed E-state index contributed by atoms with van der Waals surface area (Å²) >= 11 is 1.36. The second kappa shape index (κ2) is 6.72. The molecule has 1 aliphatic carbocycles. The van der Waals surface area contributed by atoms with Crippen LogP contribution in [0.25, 0.3) is 0 Å². The smallest absolute Gasteiger partial charge is 0.269 e. The molecule has 0 bridgehead atoms. The van der Waals surface area contributed by atoms with Crippen LogP contribution in [0.15, 0.2) is 29.2 Å². The molecule has 28 heavy (non-hydrogen) atoms. The number of hydrogen-bond donors (Lipinski definition) is 1. The van der Waals surface area contributed by atoms with Crippen LogP contribution >= 0.6 is 11.3 Å². The molecule has 1 atom stereocenters. The number of hydrogen-bond acceptors (Lipinski definition) is 6. The molecule has 1 aromatic heterocycles. The Kier molecular flexibility index (Phi) is 4.48. The molecule has 0 spiro atoms. The summed E-state index contributed by atoms with van der Waals surface area (Å²) in [6.07, 6.45) is 2.64. The van der Waals surface area contributed by atoms with Crippen LogP contribution in [0.2, 0.25) is 0 Å². The molecule has 7 nitrogen and oxygen atoms in total. The van der Waals surface area contributed by atoms with Crippen molar-refractivity contribution < 1.29 is 18.0 Å². The van der Waals surface area contributed by atoms with E-state index in [0.29, 0.717) is 20.8 Å². The summed E-state index contributed by atoms with van der Waals surface area (Å²) in [4.78, 5) is 26.0. The molecule has 144 valence electrons. The fraction of sp³-hybridized carbons (Fsp3) is 0.316. The Morgan fingerprint density at radius 2 is 2.14 bits per heavy atom. The van der Waals surface area contributed by atoms with Crippen LogP contribution in [0, 0.1) is 17.2 Å². The minimum atomic E-state index is -4.05. The summed E-state index contributed by atoms with van der Waals surface area (Å²) < 4.78 is 25.7. The van der Waals surface area contributed by atoms with Crippen molar-refractivity contribution in [2.75, 3.05) is 11.9 Å². The summed E-state index contributed by atoms with van der Waals surface area (Å²) in [5.74, 6) is -0.842. The molecule has 0 saturated heterocycles. The number of amides is 2. The number of anilines is 1. The highest BCUT2D eigenvalue weighted by molar-refractivity contribution is 7.90. The van der Waals surface area contributed by atoms with E-state index in [-0.39, 0.29) is 10.5 Å². The lowest BCUT2D eigenvalue weighted by Gasteiger charge is -2.17. The molecule has 2 amide bonds. The van der Waals surface area contributed by atoms with Gasteiger partial charge in [-0.1, -0.05) is 19.1 Å². The van der Waals surface area contributed by atoms with E-state index in [1.165, 1.54) is 29.5 Å². The highest BCUT2D eigenvalue weighted by Gasteiger charge is 2.42. The van der Waals surface area contributed by atoms with Crippen LogP contribution in [0.1, 0.15) is 39.7 Å². The summed E-state index contributed by atoms with van der Waals surface area (Å²) in [5.41, 5.74) is 1.48. The Labute approximate surface area is 166 Å². The van der Waals surface area contributed by atoms with Crippen LogP contribution in [-0.4, -0.2) is 31.1 Å². The summed E-state index contributed by atoms with van der Waals surface area (Å²) in [6.45, 7) is 1.52. The minimum Gasteiger partial charge on any atom is -0.315 e. The minimum absolute atomic E-state index is 0.0635. The van der Waals surface area contributed by atoms with Crippen molar-refractivity contribution >= 4 is 38.2 Å². The summed E-state index contributed by atoms with van der Waals surface area (Å²) in [7, 11) is -4.05. The standard InChI is InChI=1S/C19H17N3O4S2/c1-11-6-7-12-14(9-20)18(27-15(12)8-11)21-17(23)10-22-19(24)13-4-2-3-5-16(13)28(22,25)26/h2-5,11H,6-8,10H2,1H3,(H,21,23). The first-order valence-electron chi connectivity index (χ1n) is 8.83. The molecule has 2 aliphatic rings. The van der Waals surface area contributed by atoms with E-state index in [2.05, 4.69) is 18.3 Å². The molecule has 1 aliphatic heterocycles. The predicted octanol–water partition coefficient (Wildman–Crippen LogP) is 2.53. The Bertz CT molecular complexity index is 1140. The predicted molar refractivity (Wildman–Crippen MR) is 104 cm³/mol. The molecule has 0 fully saturated rings. The Balaban J connectivity index is 1.57. The number of fused-ring (bicyclic) bond motifs is 2. The lowest BCUT2D eigenvalue weighted by Crippen LogP contribution is -2.37. The van der Waals surface area contributed by atoms with E-state index in [9.17, 15) is 23.3 Å². The number of nitriles is 1. The zero-order valence-electron chi connectivity index (χ0n) is 15.1. The van der Waals surface area contributed by atoms with Gasteiger partial charge >= 0.3 is 0 Å². The lowest BCUT2D eigenvalue weighted by molar-refractivity contribution is -0.116. The highest BCUT2D eigenvalue weighted by Crippen LogP contribution is 2.39. The number of nitrogens with zero attached hydrogens (tertiary/aromatic N) is 2. The fourth-order valence-electron chi connectivity index (χ4n) is 3.64. The number of sulfonamides is 1. The first-order valence-corrected chi connectivity index (χ1v) is 11.1. The van der Waals surface area contributed by atoms with Crippen molar-refractivity contribution in [3.8, 4) is 6.07 Å². The van der Waals surface area contributed by atoms with Crippen molar-refractivity contribution in [1.82, 2.24) is 4.31 Å². The van der Waals surface area contributed by atoms with Gasteiger partial charge in [-0.05, 0) is 42.9 Å². The van der Waals surface area contributed by atoms with Crippen LogP contribution in [-0.2, 0) is 27.7 Å². The lowest BCUT2D eigenvalue weighted by atomic mass is 9.89. The molecule has 2 aromatic rings. The normalized spacial score (nSPS) is 19.6. The number of rotatable bonds is 3. The molecule has 9 heteroatoms. The van der Waals surface area contributed by atoms with Crippen LogP contribution in [0.3, 0.4) is 0 Å². The molecule has 1 aromatic carbocycles. The second-order valence-electron chi connectivity index (χ2n) is 7.03. The number of nitrogens with one attached hydrogen (secondary N) is 1. The first-order chi connectivity index (χ1) is 13.3. The van der Waals surface area contributed by atoms with Gasteiger partial charge in [0.15, 0.2) is 0 Å². The Hall–Kier alpha value is -2.70. The van der Waals surface area contributed by atoms with E-state index in [1.54, 1.807) is 6.07 Å². The molecule has 0 saturated carbocycles. The van der Waals surface area contributed by atoms with E-state index in [1.807, 2.05) is 0 Å². The molecule has 1 unspecified atom stereocenters. The third-order valence-electron chi connectivity index (χ3n) is 5.08. The topological polar surface area (TPSA) is 107 Å². The SMILES string of the molecule is CC1CCc2c(sc(NC(=O)CN3C(=O)c4ccccc4S3(=O)=O)c2C#N)C1. The largest absolute Gasteiger partial charge is 0.315 e. The van der Waals surface area contributed by atoms with Gasteiger partial charge < -0.3 is 5.32 Å². The quantitative estimate of drug-likeness (QED) is 0.829. The van der Waals surface area contributed by atoms with Gasteiger partial charge in [-0.25, -0.2) is 12.7 Å². The summed E-state index contributed by atoms with van der Waals surface area (Å²) in [6, 6.07) is 8.04. The molecular weight excluding hydrogens is 398 g/mol. The Morgan fingerprint density at radius 1 is 1.39 bits per heavy atom. The molecule has 0 radical (unpaired) electrons. The third kappa shape index (κ3) is 2.89. The van der Waals surface area contributed by atoms with Crippen LogP contribution in [0.4, 0.5) is 5.00 Å². The van der Waals surface area contributed by atoms with Crippen LogP contribution < -0.4 is 5.32 Å². The maximum Gasteiger partial charge on any atom is 0.269 e. The van der Waals surface area contributed by atoms with E-state index >= 15 is 0 Å². The third-order valence-corrected chi connectivity index (χ3v) is 8.03. The molecule has 1 N–H and O–H groups in total. The number of benzene rings is 1. The van der Waals surface area contributed by atoms with Gasteiger partial charge in [0.25, 0.3) is 15.9 Å². The van der Waals surface area contributed by atoms with E-state index < -0.39 is 28.4 Å². The average Bonchev–Trinajstić information content (AvgIpc) is 3.09. The van der Waals surface area contributed by atoms with Gasteiger partial charge in [0.1, 0.15) is 22.5 Å². The van der Waals surface area contributed by atoms with Crippen molar-refractivity contribution in [3.05, 3.63) is 45.8 Å². The number of thiophene rings is 1. The zero-order valence-corrected chi connectivity index (χ0v) is 16.7. The highest BCUT2D eigenvalue weighted by atomic mass is 32.2. The van der Waals surface area contributed by atoms with Gasteiger partial charge in [0, 0.05) is 4.88 Å². The van der Waals surface area contributed by atoms with Crippen molar-refractivity contribution in [1.29, 1.82) is 5.26 Å². The van der Waals surface area contributed by atoms with E-state index in [4.69, 9.17) is 0 Å². The van der Waals surface area contributed by atoms with Gasteiger partial charge in [0.2, 0.25) is 5.91 Å². The fourth-order valence-corrected chi connectivity index (χ4v) is 6.54. The van der Waals surface area contributed by atoms with Crippen LogP contribution in [0.5, 0.6) is 0 Å².